The van der Waals surface area contributed by atoms with Gasteiger partial charge in [-0.25, -0.2) is 0 Å². The van der Waals surface area contributed by atoms with Crippen LogP contribution in [-0.4, -0.2) is 17.7 Å². The van der Waals surface area contributed by atoms with E-state index < -0.39 is 6.10 Å². The predicted molar refractivity (Wildman–Crippen MR) is 74.3 cm³/mol. The monoisotopic (exact) mass is 314 g/mol. The van der Waals surface area contributed by atoms with E-state index in [1.807, 2.05) is 32.0 Å². The van der Waals surface area contributed by atoms with Crippen LogP contribution in [0.5, 0.6) is 0 Å². The first-order valence-electron chi connectivity index (χ1n) is 6.14. The molecular weight excluding hydrogens is 296 g/mol. The number of ether oxygens (including phenoxy) is 1. The third-order valence-corrected chi connectivity index (χ3v) is 3.52. The minimum Gasteiger partial charge on any atom is -0.466 e. The van der Waals surface area contributed by atoms with Gasteiger partial charge in [0.25, 0.3) is 0 Å². The van der Waals surface area contributed by atoms with Crippen molar-refractivity contribution in [2.75, 3.05) is 6.61 Å². The van der Waals surface area contributed by atoms with Crippen molar-refractivity contribution in [1.29, 1.82) is 0 Å². The normalized spacial score (nSPS) is 12.2. The lowest BCUT2D eigenvalue weighted by atomic mass is 10.0. The Bertz CT molecular complexity index is 404. The van der Waals surface area contributed by atoms with Crippen LogP contribution in [0.15, 0.2) is 22.7 Å². The van der Waals surface area contributed by atoms with Crippen molar-refractivity contribution >= 4 is 21.9 Å². The number of aryl methyl sites for hydroxylation is 1. The zero-order valence-corrected chi connectivity index (χ0v) is 12.4. The molecule has 0 spiro atoms. The second-order valence-electron chi connectivity index (χ2n) is 4.28. The van der Waals surface area contributed by atoms with Gasteiger partial charge < -0.3 is 9.84 Å². The summed E-state index contributed by atoms with van der Waals surface area (Å²) in [5.41, 5.74) is 1.93. The topological polar surface area (TPSA) is 46.5 Å². The van der Waals surface area contributed by atoms with Gasteiger partial charge in [-0.15, -0.1) is 0 Å². The second-order valence-corrected chi connectivity index (χ2v) is 5.14. The highest BCUT2D eigenvalue weighted by atomic mass is 79.9. The maximum absolute atomic E-state index is 11.3. The van der Waals surface area contributed by atoms with E-state index in [1.54, 1.807) is 0 Å². The molecule has 0 aliphatic carbocycles. The van der Waals surface area contributed by atoms with E-state index in [1.165, 1.54) is 0 Å². The molecule has 0 amide bonds. The Morgan fingerprint density at radius 2 is 2.22 bits per heavy atom. The lowest BCUT2D eigenvalue weighted by Gasteiger charge is -2.12. The molecule has 0 saturated carbocycles. The molecule has 0 aromatic heterocycles. The molecule has 0 heterocycles. The quantitative estimate of drug-likeness (QED) is 0.817. The zero-order chi connectivity index (χ0) is 13.5. The molecule has 1 atom stereocenters. The standard InChI is InChI=1S/C14H19BrO3/c1-3-8-18-14(17)7-6-13(16)11-5-4-10(2)12(15)9-11/h4-5,9,13,16H,3,6-8H2,1-2H3. The number of esters is 1. The first-order chi connectivity index (χ1) is 8.54. The van der Waals surface area contributed by atoms with E-state index in [2.05, 4.69) is 15.9 Å². The minimum atomic E-state index is -0.629. The lowest BCUT2D eigenvalue weighted by molar-refractivity contribution is -0.144. The number of carbonyl (C=O) groups is 1. The number of aliphatic hydroxyl groups is 1. The number of hydrogen-bond acceptors (Lipinski definition) is 3. The fourth-order valence-electron chi connectivity index (χ4n) is 1.53. The van der Waals surface area contributed by atoms with E-state index >= 15 is 0 Å². The third-order valence-electron chi connectivity index (χ3n) is 2.67. The molecule has 1 unspecified atom stereocenters. The molecule has 4 heteroatoms. The first kappa shape index (κ1) is 15.2. The number of halogens is 1. The molecule has 1 aromatic carbocycles. The maximum Gasteiger partial charge on any atom is 0.305 e. The highest BCUT2D eigenvalue weighted by Gasteiger charge is 2.12. The molecule has 0 saturated heterocycles. The van der Waals surface area contributed by atoms with Gasteiger partial charge in [-0.05, 0) is 37.0 Å². The fourth-order valence-corrected chi connectivity index (χ4v) is 1.92. The molecule has 0 aliphatic rings. The number of hydrogen-bond donors (Lipinski definition) is 1. The molecule has 0 fully saturated rings. The Kier molecular flexibility index (Phi) is 6.36. The molecular formula is C14H19BrO3. The van der Waals surface area contributed by atoms with Gasteiger partial charge >= 0.3 is 5.97 Å². The number of aliphatic hydroxyl groups excluding tert-OH is 1. The largest absolute Gasteiger partial charge is 0.466 e. The van der Waals surface area contributed by atoms with Crippen LogP contribution < -0.4 is 0 Å². The second kappa shape index (κ2) is 7.54. The van der Waals surface area contributed by atoms with Crippen molar-refractivity contribution < 1.29 is 14.6 Å². The summed E-state index contributed by atoms with van der Waals surface area (Å²) in [5.74, 6) is -0.248. The van der Waals surface area contributed by atoms with Gasteiger partial charge in [0.05, 0.1) is 12.7 Å². The number of rotatable bonds is 6. The predicted octanol–water partition coefficient (Wildman–Crippen LogP) is 3.52. The Morgan fingerprint density at radius 1 is 1.50 bits per heavy atom. The van der Waals surface area contributed by atoms with Crippen molar-refractivity contribution in [2.24, 2.45) is 0 Å². The first-order valence-corrected chi connectivity index (χ1v) is 6.93. The van der Waals surface area contributed by atoms with Crippen LogP contribution in [-0.2, 0) is 9.53 Å². The van der Waals surface area contributed by atoms with Gasteiger partial charge in [-0.3, -0.25) is 4.79 Å². The summed E-state index contributed by atoms with van der Waals surface area (Å²) >= 11 is 3.43. The molecule has 100 valence electrons. The summed E-state index contributed by atoms with van der Waals surface area (Å²) in [6.45, 7) is 4.39. The van der Waals surface area contributed by atoms with Crippen molar-refractivity contribution in [3.8, 4) is 0 Å². The van der Waals surface area contributed by atoms with E-state index in [-0.39, 0.29) is 12.4 Å². The summed E-state index contributed by atoms with van der Waals surface area (Å²) in [4.78, 5) is 11.3. The summed E-state index contributed by atoms with van der Waals surface area (Å²) in [7, 11) is 0. The smallest absolute Gasteiger partial charge is 0.305 e. The van der Waals surface area contributed by atoms with Gasteiger partial charge in [-0.1, -0.05) is 35.0 Å². The van der Waals surface area contributed by atoms with Crippen LogP contribution in [0.1, 0.15) is 43.4 Å². The van der Waals surface area contributed by atoms with Crippen molar-refractivity contribution in [1.82, 2.24) is 0 Å². The van der Waals surface area contributed by atoms with Gasteiger partial charge in [-0.2, -0.15) is 0 Å². The molecule has 0 aliphatic heterocycles. The maximum atomic E-state index is 11.3. The van der Waals surface area contributed by atoms with Gasteiger partial charge in [0, 0.05) is 10.9 Å². The molecule has 1 rings (SSSR count). The molecule has 0 bridgehead atoms. The highest BCUT2D eigenvalue weighted by Crippen LogP contribution is 2.24. The molecule has 0 radical (unpaired) electrons. The van der Waals surface area contributed by atoms with Crippen molar-refractivity contribution in [3.05, 3.63) is 33.8 Å². The van der Waals surface area contributed by atoms with Crippen LogP contribution >= 0.6 is 15.9 Å². The van der Waals surface area contributed by atoms with Crippen LogP contribution in [0, 0.1) is 6.92 Å². The Labute approximate surface area is 116 Å². The minimum absolute atomic E-state index is 0.243. The average molecular weight is 315 g/mol. The average Bonchev–Trinajstić information content (AvgIpc) is 2.36. The Morgan fingerprint density at radius 3 is 2.83 bits per heavy atom. The lowest BCUT2D eigenvalue weighted by Crippen LogP contribution is -2.08. The Balaban J connectivity index is 2.47. The molecule has 1 aromatic rings. The number of benzene rings is 1. The van der Waals surface area contributed by atoms with Gasteiger partial charge in [0.15, 0.2) is 0 Å². The van der Waals surface area contributed by atoms with Gasteiger partial charge in [0.2, 0.25) is 0 Å². The van der Waals surface area contributed by atoms with Gasteiger partial charge in [0.1, 0.15) is 0 Å². The number of carbonyl (C=O) groups excluding carboxylic acids is 1. The van der Waals surface area contributed by atoms with E-state index in [4.69, 9.17) is 4.74 Å². The van der Waals surface area contributed by atoms with Crippen molar-refractivity contribution in [2.45, 2.75) is 39.2 Å². The summed E-state index contributed by atoms with van der Waals surface area (Å²) in [5, 5.41) is 9.98. The van der Waals surface area contributed by atoms with E-state index in [9.17, 15) is 9.90 Å². The van der Waals surface area contributed by atoms with Crippen LogP contribution in [0.3, 0.4) is 0 Å². The van der Waals surface area contributed by atoms with Crippen molar-refractivity contribution in [3.63, 3.8) is 0 Å². The zero-order valence-electron chi connectivity index (χ0n) is 10.8. The third kappa shape index (κ3) is 4.78. The highest BCUT2D eigenvalue weighted by molar-refractivity contribution is 9.10. The van der Waals surface area contributed by atoms with Crippen LogP contribution in [0.25, 0.3) is 0 Å². The fraction of sp³-hybridized carbons (Fsp3) is 0.500. The Hall–Kier alpha value is -0.870. The molecule has 18 heavy (non-hydrogen) atoms. The summed E-state index contributed by atoms with van der Waals surface area (Å²) < 4.78 is 5.93. The van der Waals surface area contributed by atoms with E-state index in [0.29, 0.717) is 13.0 Å². The molecule has 3 nitrogen and oxygen atoms in total. The SMILES string of the molecule is CCCOC(=O)CCC(O)c1ccc(C)c(Br)c1. The van der Waals surface area contributed by atoms with Crippen LogP contribution in [0.4, 0.5) is 0 Å². The summed E-state index contributed by atoms with van der Waals surface area (Å²) in [6.07, 6.45) is 0.820. The van der Waals surface area contributed by atoms with E-state index in [0.717, 1.165) is 22.0 Å². The summed E-state index contributed by atoms with van der Waals surface area (Å²) in [6, 6.07) is 5.71. The van der Waals surface area contributed by atoms with Crippen LogP contribution in [0.2, 0.25) is 0 Å². The molecule has 1 N–H and O–H groups in total.